The third kappa shape index (κ3) is 3.08. The normalized spacial score (nSPS) is 20.7. The smallest absolute Gasteiger partial charge is 0.131 e. The Morgan fingerprint density at radius 3 is 2.82 bits per heavy atom. The standard InChI is InChI=1S/C20H25N7O/c1-14-13-28-11-10-27(14)18-12-17(26-8-6-21-7-9-26)15-2-4-22-20(19(15)24-18)16-3-5-23-25-16/h2-5,12,14,21H,6-11,13H2,1H3,(H,23,25). The van der Waals surface area contributed by atoms with Crippen LogP contribution in [0.4, 0.5) is 11.5 Å². The summed E-state index contributed by atoms with van der Waals surface area (Å²) in [5, 5.41) is 11.7. The maximum atomic E-state index is 5.64. The van der Waals surface area contributed by atoms with Gasteiger partial charge in [0, 0.05) is 56.6 Å². The third-order valence-electron chi connectivity index (χ3n) is 5.57. The number of pyridine rings is 2. The highest BCUT2D eigenvalue weighted by atomic mass is 16.5. The van der Waals surface area contributed by atoms with Crippen LogP contribution in [0.3, 0.4) is 0 Å². The largest absolute Gasteiger partial charge is 0.377 e. The predicted octanol–water partition coefficient (Wildman–Crippen LogP) is 1.65. The molecule has 0 bridgehead atoms. The number of morpholine rings is 1. The van der Waals surface area contributed by atoms with Gasteiger partial charge in [0.2, 0.25) is 0 Å². The number of H-pyrrole nitrogens is 1. The van der Waals surface area contributed by atoms with E-state index >= 15 is 0 Å². The van der Waals surface area contributed by atoms with Crippen LogP contribution >= 0.6 is 0 Å². The first-order chi connectivity index (χ1) is 13.8. The first-order valence-electron chi connectivity index (χ1n) is 9.91. The third-order valence-corrected chi connectivity index (χ3v) is 5.57. The molecule has 2 N–H and O–H groups in total. The number of ether oxygens (including phenoxy) is 1. The van der Waals surface area contributed by atoms with E-state index in [1.165, 1.54) is 5.69 Å². The van der Waals surface area contributed by atoms with Crippen molar-refractivity contribution in [3.05, 3.63) is 30.6 Å². The van der Waals surface area contributed by atoms with Gasteiger partial charge in [-0.15, -0.1) is 0 Å². The molecule has 8 nitrogen and oxygen atoms in total. The zero-order chi connectivity index (χ0) is 18.9. The lowest BCUT2D eigenvalue weighted by Gasteiger charge is -2.36. The van der Waals surface area contributed by atoms with Gasteiger partial charge in [-0.05, 0) is 19.1 Å². The van der Waals surface area contributed by atoms with Crippen molar-refractivity contribution in [2.24, 2.45) is 0 Å². The molecule has 2 saturated heterocycles. The minimum atomic E-state index is 0.293. The highest BCUT2D eigenvalue weighted by Crippen LogP contribution is 2.35. The van der Waals surface area contributed by atoms with E-state index in [0.29, 0.717) is 6.04 Å². The van der Waals surface area contributed by atoms with Crippen molar-refractivity contribution in [3.8, 4) is 11.4 Å². The quantitative estimate of drug-likeness (QED) is 0.716. The SMILES string of the molecule is CC1COCCN1c1cc(N2CCNCC2)c2ccnc(-c3ccn[nH]3)c2n1. The van der Waals surface area contributed by atoms with Gasteiger partial charge < -0.3 is 19.9 Å². The summed E-state index contributed by atoms with van der Waals surface area (Å²) in [6, 6.07) is 6.55. The Morgan fingerprint density at radius 2 is 2.04 bits per heavy atom. The van der Waals surface area contributed by atoms with E-state index in [4.69, 9.17) is 9.72 Å². The second-order valence-corrected chi connectivity index (χ2v) is 7.38. The van der Waals surface area contributed by atoms with E-state index in [1.807, 2.05) is 12.3 Å². The van der Waals surface area contributed by atoms with E-state index in [1.54, 1.807) is 6.20 Å². The molecule has 0 aromatic carbocycles. The molecule has 1 unspecified atom stereocenters. The molecule has 0 spiro atoms. The van der Waals surface area contributed by atoms with Crippen LogP contribution in [-0.4, -0.2) is 72.1 Å². The van der Waals surface area contributed by atoms with Crippen molar-refractivity contribution in [2.75, 3.05) is 55.7 Å². The van der Waals surface area contributed by atoms with Crippen molar-refractivity contribution in [1.82, 2.24) is 25.5 Å². The number of anilines is 2. The number of aromatic nitrogens is 4. The summed E-state index contributed by atoms with van der Waals surface area (Å²) in [6.45, 7) is 8.44. The minimum Gasteiger partial charge on any atom is -0.377 e. The van der Waals surface area contributed by atoms with Crippen LogP contribution < -0.4 is 15.1 Å². The Labute approximate surface area is 163 Å². The average molecular weight is 379 g/mol. The number of piperazine rings is 1. The van der Waals surface area contributed by atoms with Crippen LogP contribution in [0.2, 0.25) is 0 Å². The molecule has 5 heterocycles. The first-order valence-corrected chi connectivity index (χ1v) is 9.91. The summed E-state index contributed by atoms with van der Waals surface area (Å²) in [4.78, 5) is 14.5. The molecule has 2 fully saturated rings. The van der Waals surface area contributed by atoms with Gasteiger partial charge in [-0.2, -0.15) is 5.10 Å². The Kier molecular flexibility index (Phi) is 4.58. The van der Waals surface area contributed by atoms with Gasteiger partial charge in [-0.1, -0.05) is 0 Å². The topological polar surface area (TPSA) is 82.2 Å². The molecule has 0 amide bonds. The molecule has 2 aliphatic heterocycles. The van der Waals surface area contributed by atoms with Crippen LogP contribution in [0.15, 0.2) is 30.6 Å². The summed E-state index contributed by atoms with van der Waals surface area (Å²) < 4.78 is 5.64. The number of aromatic amines is 1. The van der Waals surface area contributed by atoms with Crippen molar-refractivity contribution < 1.29 is 4.74 Å². The lowest BCUT2D eigenvalue weighted by atomic mass is 10.1. The fourth-order valence-electron chi connectivity index (χ4n) is 4.09. The second kappa shape index (κ2) is 7.37. The molecule has 0 aliphatic carbocycles. The zero-order valence-electron chi connectivity index (χ0n) is 16.1. The lowest BCUT2D eigenvalue weighted by molar-refractivity contribution is 0.0986. The van der Waals surface area contributed by atoms with Gasteiger partial charge in [0.05, 0.1) is 30.6 Å². The number of fused-ring (bicyclic) bond motifs is 1. The fourth-order valence-corrected chi connectivity index (χ4v) is 4.09. The molecule has 146 valence electrons. The van der Waals surface area contributed by atoms with E-state index in [0.717, 1.165) is 74.0 Å². The van der Waals surface area contributed by atoms with Crippen LogP contribution in [-0.2, 0) is 4.74 Å². The summed E-state index contributed by atoms with van der Waals surface area (Å²) >= 11 is 0. The highest BCUT2D eigenvalue weighted by Gasteiger charge is 2.24. The molecular weight excluding hydrogens is 354 g/mol. The Hall–Kier alpha value is -2.71. The number of nitrogens with zero attached hydrogens (tertiary/aromatic N) is 5. The monoisotopic (exact) mass is 379 g/mol. The molecule has 3 aromatic rings. The van der Waals surface area contributed by atoms with E-state index in [-0.39, 0.29) is 0 Å². The zero-order valence-corrected chi connectivity index (χ0v) is 16.1. The molecule has 2 aliphatic rings. The molecule has 0 saturated carbocycles. The van der Waals surface area contributed by atoms with Crippen LogP contribution in [0.25, 0.3) is 22.3 Å². The Morgan fingerprint density at radius 1 is 1.14 bits per heavy atom. The molecule has 0 radical (unpaired) electrons. The molecule has 5 rings (SSSR count). The van der Waals surface area contributed by atoms with Crippen LogP contribution in [0, 0.1) is 0 Å². The maximum Gasteiger partial charge on any atom is 0.131 e. The van der Waals surface area contributed by atoms with Gasteiger partial charge in [0.15, 0.2) is 0 Å². The van der Waals surface area contributed by atoms with Gasteiger partial charge in [-0.25, -0.2) is 4.98 Å². The lowest BCUT2D eigenvalue weighted by Crippen LogP contribution is -2.45. The van der Waals surface area contributed by atoms with E-state index in [2.05, 4.69) is 49.4 Å². The maximum absolute atomic E-state index is 5.64. The molecule has 8 heteroatoms. The number of hydrogen-bond acceptors (Lipinski definition) is 7. The van der Waals surface area contributed by atoms with Crippen molar-refractivity contribution in [1.29, 1.82) is 0 Å². The van der Waals surface area contributed by atoms with Gasteiger partial charge >= 0.3 is 0 Å². The second-order valence-electron chi connectivity index (χ2n) is 7.38. The van der Waals surface area contributed by atoms with E-state index in [9.17, 15) is 0 Å². The molecule has 1 atom stereocenters. The average Bonchev–Trinajstić information content (AvgIpc) is 3.28. The summed E-state index contributed by atoms with van der Waals surface area (Å²) in [5.41, 5.74) is 3.87. The van der Waals surface area contributed by atoms with Gasteiger partial charge in [0.25, 0.3) is 0 Å². The summed E-state index contributed by atoms with van der Waals surface area (Å²) in [7, 11) is 0. The number of rotatable bonds is 3. The van der Waals surface area contributed by atoms with Gasteiger partial charge in [0.1, 0.15) is 17.0 Å². The first kappa shape index (κ1) is 17.4. The fraction of sp³-hybridized carbons (Fsp3) is 0.450. The van der Waals surface area contributed by atoms with Crippen LogP contribution in [0.1, 0.15) is 6.92 Å². The van der Waals surface area contributed by atoms with Crippen molar-refractivity contribution >= 4 is 22.4 Å². The van der Waals surface area contributed by atoms with Crippen molar-refractivity contribution in [3.63, 3.8) is 0 Å². The van der Waals surface area contributed by atoms with E-state index < -0.39 is 0 Å². The number of hydrogen-bond donors (Lipinski definition) is 2. The minimum absolute atomic E-state index is 0.293. The Balaban J connectivity index is 1.70. The molecular formula is C20H25N7O. The molecule has 3 aromatic heterocycles. The predicted molar refractivity (Wildman–Crippen MR) is 110 cm³/mol. The Bertz CT molecular complexity index is 953. The highest BCUT2D eigenvalue weighted by molar-refractivity contribution is 6.00. The van der Waals surface area contributed by atoms with Crippen molar-refractivity contribution in [2.45, 2.75) is 13.0 Å². The van der Waals surface area contributed by atoms with Crippen LogP contribution in [0.5, 0.6) is 0 Å². The summed E-state index contributed by atoms with van der Waals surface area (Å²) in [6.07, 6.45) is 3.61. The number of nitrogens with one attached hydrogen (secondary N) is 2. The summed E-state index contributed by atoms with van der Waals surface area (Å²) in [5.74, 6) is 0.991. The van der Waals surface area contributed by atoms with Gasteiger partial charge in [-0.3, -0.25) is 10.1 Å². The molecule has 28 heavy (non-hydrogen) atoms.